The van der Waals surface area contributed by atoms with Crippen LogP contribution in [0.4, 0.5) is 10.5 Å². The third kappa shape index (κ3) is 9.17. The SMILES string of the molecule is CC[C@@]1(O)C(=O)OCc2c1cc1n(c2=O)Cc2cc3c(CN(C(=O)OCc4ccc(NC(=O)[C@H](C)NC(=O)[C@@H](N)C(C)C)c(O[C@@H]5O[C@H](C(=O)O)[C@@H](O)[C@H](O)[C@H]5O)c4)C(C)C)c(O)ccc3nc2-1. The molecule has 3 aliphatic heterocycles. The molecule has 0 radical (unpaired) electrons. The number of phenolic OH excluding ortho intramolecular Hbond substituents is 1. The molecule has 2 aromatic heterocycles. The van der Waals surface area contributed by atoms with Crippen molar-refractivity contribution in [3.05, 3.63) is 80.6 Å². The lowest BCUT2D eigenvalue weighted by Gasteiger charge is -2.38. The number of hydrogen-bond donors (Lipinski definition) is 9. The number of carboxylic acids is 1. The highest BCUT2D eigenvalue weighted by Gasteiger charge is 2.49. The van der Waals surface area contributed by atoms with E-state index in [1.54, 1.807) is 52.8 Å². The van der Waals surface area contributed by atoms with Crippen LogP contribution in [0.5, 0.6) is 11.5 Å². The predicted octanol–water partition coefficient (Wildman–Crippen LogP) is 1.03. The van der Waals surface area contributed by atoms with Gasteiger partial charge in [0.1, 0.15) is 49.1 Å². The molecule has 1 saturated heterocycles. The standard InChI is InChI=1S/C46H54N6O16/c1-7-46(64)27-14-30-34-23(15-52(30)41(59)26(27)18-65-44(46)62)13-24-25(31(53)11-10-28(24)49-34)16-51(20(4)5)45(63)66-17-22-8-9-29(50-39(57)21(6)48-40(58)33(47)19(2)3)32(12-22)67-43-37(56)35(54)36(55)38(68-43)42(60)61/h8-14,19-21,33,35-38,43,53-56,64H,7,15-18,47H2,1-6H3,(H,48,58)(H,50,57)(H,60,61)/t21-,33-,35-,36-,37+,38-,43+,46-/m0/s1. The van der Waals surface area contributed by atoms with Gasteiger partial charge in [-0.2, -0.15) is 0 Å². The van der Waals surface area contributed by atoms with Gasteiger partial charge in [-0.3, -0.25) is 14.4 Å². The second kappa shape index (κ2) is 19.1. The first-order chi connectivity index (χ1) is 32.1. The van der Waals surface area contributed by atoms with Gasteiger partial charge in [-0.05, 0) is 75.1 Å². The minimum atomic E-state index is -2.02. The van der Waals surface area contributed by atoms with E-state index in [1.165, 1.54) is 40.7 Å². The number of carbonyl (C=O) groups is 5. The highest BCUT2D eigenvalue weighted by molar-refractivity contribution is 5.98. The number of nitrogens with zero attached hydrogens (tertiary/aromatic N) is 3. The number of benzene rings is 2. The number of esters is 1. The van der Waals surface area contributed by atoms with E-state index in [-0.39, 0.29) is 65.9 Å². The van der Waals surface area contributed by atoms with Crippen LogP contribution in [-0.2, 0) is 65.3 Å². The summed E-state index contributed by atoms with van der Waals surface area (Å²) in [5, 5.41) is 69.1. The lowest BCUT2D eigenvalue weighted by atomic mass is 9.86. The van der Waals surface area contributed by atoms with Crippen molar-refractivity contribution >= 4 is 46.4 Å². The van der Waals surface area contributed by atoms with Crippen LogP contribution in [0.3, 0.4) is 0 Å². The Labute approximate surface area is 388 Å². The van der Waals surface area contributed by atoms with Crippen molar-refractivity contribution in [3.8, 4) is 22.9 Å². The first-order valence-corrected chi connectivity index (χ1v) is 21.9. The number of nitrogens with one attached hydrogen (secondary N) is 2. The number of amides is 3. The van der Waals surface area contributed by atoms with Crippen LogP contribution < -0.4 is 26.7 Å². The summed E-state index contributed by atoms with van der Waals surface area (Å²) in [7, 11) is 0. The van der Waals surface area contributed by atoms with Crippen molar-refractivity contribution in [2.75, 3.05) is 5.32 Å². The van der Waals surface area contributed by atoms with Gasteiger partial charge < -0.3 is 75.4 Å². The van der Waals surface area contributed by atoms with Crippen LogP contribution >= 0.6 is 0 Å². The van der Waals surface area contributed by atoms with E-state index in [9.17, 15) is 59.4 Å². The maximum Gasteiger partial charge on any atom is 0.410 e. The van der Waals surface area contributed by atoms with E-state index in [4.69, 9.17) is 29.7 Å². The molecule has 7 rings (SSSR count). The maximum absolute atomic E-state index is 13.9. The molecule has 5 heterocycles. The van der Waals surface area contributed by atoms with Crippen molar-refractivity contribution in [2.24, 2.45) is 11.7 Å². The number of fused-ring (bicyclic) bond motifs is 5. The Kier molecular flexibility index (Phi) is 13.8. The number of cyclic esters (lactones) is 1. The number of nitrogens with two attached hydrogens (primary N) is 1. The Morgan fingerprint density at radius 1 is 1.00 bits per heavy atom. The quantitative estimate of drug-likeness (QED) is 0.0702. The lowest BCUT2D eigenvalue weighted by molar-refractivity contribution is -0.271. The molecule has 68 heavy (non-hydrogen) atoms. The summed E-state index contributed by atoms with van der Waals surface area (Å²) in [6.07, 6.45) is -10.8. The molecule has 10 N–H and O–H groups in total. The molecule has 3 amide bonds. The number of aliphatic hydroxyl groups is 4. The highest BCUT2D eigenvalue weighted by Crippen LogP contribution is 2.40. The topological polar surface area (TPSA) is 332 Å². The number of phenols is 1. The molecule has 2 aromatic carbocycles. The van der Waals surface area contributed by atoms with Crippen molar-refractivity contribution in [1.82, 2.24) is 19.8 Å². The molecule has 4 aromatic rings. The van der Waals surface area contributed by atoms with E-state index in [0.717, 1.165) is 0 Å². The number of aliphatic carboxylic acids is 1. The zero-order valence-corrected chi connectivity index (χ0v) is 38.0. The van der Waals surface area contributed by atoms with Gasteiger partial charge in [0.15, 0.2) is 11.7 Å². The molecule has 0 spiro atoms. The number of anilines is 1. The minimum absolute atomic E-state index is 0.0220. The molecule has 0 saturated carbocycles. The molecule has 0 aliphatic carbocycles. The fourth-order valence-electron chi connectivity index (χ4n) is 8.17. The number of carbonyl (C=O) groups excluding carboxylic acids is 4. The predicted molar refractivity (Wildman–Crippen MR) is 237 cm³/mol. The van der Waals surface area contributed by atoms with Gasteiger partial charge in [-0.1, -0.05) is 26.8 Å². The van der Waals surface area contributed by atoms with E-state index in [2.05, 4.69) is 10.6 Å². The zero-order chi connectivity index (χ0) is 49.7. The molecule has 8 atom stereocenters. The maximum atomic E-state index is 13.9. The molecule has 364 valence electrons. The molecule has 22 nitrogen and oxygen atoms in total. The largest absolute Gasteiger partial charge is 0.508 e. The van der Waals surface area contributed by atoms with Gasteiger partial charge in [0, 0.05) is 28.1 Å². The van der Waals surface area contributed by atoms with E-state index in [0.29, 0.717) is 33.4 Å². The van der Waals surface area contributed by atoms with Crippen LogP contribution in [0.1, 0.15) is 75.8 Å². The highest BCUT2D eigenvalue weighted by atomic mass is 16.7. The van der Waals surface area contributed by atoms with E-state index < -0.39 is 96.4 Å². The Morgan fingerprint density at radius 3 is 2.38 bits per heavy atom. The summed E-state index contributed by atoms with van der Waals surface area (Å²) < 4.78 is 23.5. The van der Waals surface area contributed by atoms with Gasteiger partial charge in [0.2, 0.25) is 18.1 Å². The van der Waals surface area contributed by atoms with Crippen molar-refractivity contribution in [1.29, 1.82) is 0 Å². The van der Waals surface area contributed by atoms with Crippen LogP contribution in [0, 0.1) is 5.92 Å². The van der Waals surface area contributed by atoms with Gasteiger partial charge >= 0.3 is 18.0 Å². The normalized spacial score (nSPS) is 22.7. The monoisotopic (exact) mass is 946 g/mol. The molecule has 0 bridgehead atoms. The smallest absolute Gasteiger partial charge is 0.410 e. The molecule has 1 fully saturated rings. The van der Waals surface area contributed by atoms with Crippen molar-refractivity contribution in [3.63, 3.8) is 0 Å². The van der Waals surface area contributed by atoms with E-state index in [1.807, 2.05) is 0 Å². The number of pyridine rings is 2. The van der Waals surface area contributed by atoms with E-state index >= 15 is 0 Å². The fraction of sp³-hybridized carbons (Fsp3) is 0.457. The minimum Gasteiger partial charge on any atom is -0.508 e. The first-order valence-electron chi connectivity index (χ1n) is 21.9. The molecule has 0 unspecified atom stereocenters. The summed E-state index contributed by atoms with van der Waals surface area (Å²) in [5.74, 6) is -4.47. The molecular weight excluding hydrogens is 893 g/mol. The third-order valence-corrected chi connectivity index (χ3v) is 12.5. The average Bonchev–Trinajstić information content (AvgIpc) is 3.66. The Hall–Kier alpha value is -6.69. The van der Waals surface area contributed by atoms with Crippen LogP contribution in [0.25, 0.3) is 22.3 Å². The lowest BCUT2D eigenvalue weighted by Crippen LogP contribution is -2.61. The second-order valence-electron chi connectivity index (χ2n) is 17.7. The number of aromatic nitrogens is 2. The number of rotatable bonds is 14. The summed E-state index contributed by atoms with van der Waals surface area (Å²) >= 11 is 0. The van der Waals surface area contributed by atoms with Gasteiger partial charge in [-0.25, -0.2) is 19.4 Å². The van der Waals surface area contributed by atoms with Crippen LogP contribution in [0.2, 0.25) is 0 Å². The summed E-state index contributed by atoms with van der Waals surface area (Å²) in [6.45, 7) is 9.15. The van der Waals surface area contributed by atoms with Crippen LogP contribution in [-0.4, -0.2) is 124 Å². The zero-order valence-electron chi connectivity index (χ0n) is 38.0. The Morgan fingerprint density at radius 2 is 1.72 bits per heavy atom. The Balaban J connectivity index is 1.13. The third-order valence-electron chi connectivity index (χ3n) is 12.5. The second-order valence-corrected chi connectivity index (χ2v) is 17.7. The number of carboxylic acid groups (broad SMARTS) is 1. The van der Waals surface area contributed by atoms with Crippen molar-refractivity contribution in [2.45, 2.75) is 129 Å². The first kappa shape index (κ1) is 49.2. The van der Waals surface area contributed by atoms with Gasteiger partial charge in [0.05, 0.1) is 47.3 Å². The van der Waals surface area contributed by atoms with Crippen molar-refractivity contribution < 1.29 is 73.6 Å². The summed E-state index contributed by atoms with van der Waals surface area (Å²) in [6, 6.07) is 7.92. The number of aromatic hydroxyl groups is 1. The molecule has 22 heteroatoms. The number of aliphatic hydroxyl groups excluding tert-OH is 3. The summed E-state index contributed by atoms with van der Waals surface area (Å²) in [5.41, 5.74) is 6.15. The molecular formula is C46H54N6O16. The summed E-state index contributed by atoms with van der Waals surface area (Å²) in [4.78, 5) is 84.2. The van der Waals surface area contributed by atoms with Crippen LogP contribution in [0.15, 0.2) is 47.3 Å². The Bertz CT molecular complexity index is 2740. The average molecular weight is 947 g/mol. The number of hydrogen-bond acceptors (Lipinski definition) is 17. The van der Waals surface area contributed by atoms with Gasteiger partial charge in [-0.15, -0.1) is 0 Å². The van der Waals surface area contributed by atoms with Gasteiger partial charge in [0.25, 0.3) is 5.56 Å². The number of ether oxygens (including phenoxy) is 4. The fourth-order valence-corrected chi connectivity index (χ4v) is 8.17. The molecule has 3 aliphatic rings.